The van der Waals surface area contributed by atoms with Gasteiger partial charge in [0.25, 0.3) is 6.71 Å². The van der Waals surface area contributed by atoms with Gasteiger partial charge < -0.3 is 14.7 Å². The zero-order valence-electron chi connectivity index (χ0n) is 49.9. The van der Waals surface area contributed by atoms with E-state index in [1.165, 1.54) is 163 Å². The van der Waals surface area contributed by atoms with Gasteiger partial charge in [0, 0.05) is 60.1 Å². The Hall–Kier alpha value is -5.26. The number of para-hydroxylation sites is 1. The van der Waals surface area contributed by atoms with Gasteiger partial charge in [0.1, 0.15) is 0 Å². The van der Waals surface area contributed by atoms with Gasteiger partial charge in [-0.15, -0.1) is 11.3 Å². The predicted octanol–water partition coefficient (Wildman–Crippen LogP) is 18.4. The van der Waals surface area contributed by atoms with Crippen molar-refractivity contribution in [3.05, 3.63) is 148 Å². The minimum atomic E-state index is -0.109. The van der Waals surface area contributed by atoms with Crippen LogP contribution in [0.2, 0.25) is 0 Å². The molecule has 3 nitrogen and oxygen atoms in total. The molecular formula is C73H84BN3S. The van der Waals surface area contributed by atoms with Crippen molar-refractivity contribution >= 4 is 89.3 Å². The van der Waals surface area contributed by atoms with Crippen molar-refractivity contribution in [3.63, 3.8) is 0 Å². The van der Waals surface area contributed by atoms with Crippen LogP contribution in [0.25, 0.3) is 10.1 Å². The summed E-state index contributed by atoms with van der Waals surface area (Å²) in [6, 6.07) is 43.4. The molecule has 78 heavy (non-hydrogen) atoms. The number of nitrogens with zero attached hydrogens (tertiary/aromatic N) is 3. The van der Waals surface area contributed by atoms with Crippen molar-refractivity contribution in [3.8, 4) is 0 Å². The highest BCUT2D eigenvalue weighted by Gasteiger charge is 2.59. The van der Waals surface area contributed by atoms with Crippen LogP contribution in [0.5, 0.6) is 0 Å². The number of benzene rings is 6. The molecule has 4 heterocycles. The van der Waals surface area contributed by atoms with Gasteiger partial charge in [0.2, 0.25) is 0 Å². The summed E-state index contributed by atoms with van der Waals surface area (Å²) in [4.78, 5) is 8.47. The van der Waals surface area contributed by atoms with Crippen LogP contribution in [0.4, 0.5) is 45.5 Å². The maximum absolute atomic E-state index is 2.87. The van der Waals surface area contributed by atoms with Crippen LogP contribution in [-0.4, -0.2) is 12.3 Å². The third kappa shape index (κ3) is 6.41. The van der Waals surface area contributed by atoms with Crippen LogP contribution < -0.4 is 30.4 Å². The highest BCUT2D eigenvalue weighted by molar-refractivity contribution is 7.33. The quantitative estimate of drug-likeness (QED) is 0.163. The molecule has 0 saturated heterocycles. The van der Waals surface area contributed by atoms with E-state index >= 15 is 0 Å². The average molecular weight is 1050 g/mol. The molecule has 15 rings (SSSR count). The molecule has 2 bridgehead atoms. The average Bonchev–Trinajstić information content (AvgIpc) is 3.00. The third-order valence-electron chi connectivity index (χ3n) is 23.4. The second kappa shape index (κ2) is 15.4. The SMILES string of the molecule is CC(C)(C)c1ccc(N2c3cc(N4c5ccccc5C5(C)CCCC[C@]45C)cc4c3B(c3cc5c(cc3N4c3ccc4c(c3)C(C)(C)CCC4(C)C)C(C)(C)CCC5(C)C)c3sc4cc5c(cc4c32)C2(C)CCC5(C)C2)cc1. The van der Waals surface area contributed by atoms with Crippen molar-refractivity contribution in [1.29, 1.82) is 0 Å². The second-order valence-corrected chi connectivity index (χ2v) is 32.3. The summed E-state index contributed by atoms with van der Waals surface area (Å²) in [5, 5.41) is 1.44. The van der Waals surface area contributed by atoms with Crippen LogP contribution in [0, 0.1) is 0 Å². The Labute approximate surface area is 472 Å². The van der Waals surface area contributed by atoms with Crippen molar-refractivity contribution in [2.75, 3.05) is 14.7 Å². The Bertz CT molecular complexity index is 3770. The van der Waals surface area contributed by atoms with Crippen LogP contribution in [0.3, 0.4) is 0 Å². The first-order valence-electron chi connectivity index (χ1n) is 30.4. The summed E-state index contributed by atoms with van der Waals surface area (Å²) in [6.45, 7) is 37.6. The molecule has 5 aliphatic carbocycles. The summed E-state index contributed by atoms with van der Waals surface area (Å²) >= 11 is 2.11. The minimum absolute atomic E-state index is 0.0177. The van der Waals surface area contributed by atoms with Gasteiger partial charge in [-0.25, -0.2) is 0 Å². The normalized spacial score (nSPS) is 27.9. The molecule has 6 aromatic carbocycles. The maximum Gasteiger partial charge on any atom is 0.264 e. The molecule has 7 aromatic rings. The molecule has 1 aromatic heterocycles. The lowest BCUT2D eigenvalue weighted by atomic mass is 9.35. The van der Waals surface area contributed by atoms with Crippen LogP contribution in [-0.2, 0) is 43.3 Å². The molecule has 0 spiro atoms. The molecule has 0 radical (unpaired) electrons. The van der Waals surface area contributed by atoms with Crippen molar-refractivity contribution in [1.82, 2.24) is 0 Å². The Morgan fingerprint density at radius 1 is 0.462 bits per heavy atom. The summed E-state index contributed by atoms with van der Waals surface area (Å²) in [5.74, 6) is 0. The zero-order chi connectivity index (χ0) is 54.4. The van der Waals surface area contributed by atoms with Gasteiger partial charge in [0.05, 0.1) is 11.2 Å². The Kier molecular flexibility index (Phi) is 9.82. The van der Waals surface area contributed by atoms with E-state index < -0.39 is 0 Å². The lowest BCUT2D eigenvalue weighted by molar-refractivity contribution is 0.195. The number of hydrogen-bond acceptors (Lipinski definition) is 4. The molecule has 4 atom stereocenters. The van der Waals surface area contributed by atoms with Gasteiger partial charge in [-0.2, -0.15) is 0 Å². The Morgan fingerprint density at radius 2 is 1.04 bits per heavy atom. The summed E-state index contributed by atoms with van der Waals surface area (Å²) in [6.07, 6.45) is 13.5. The predicted molar refractivity (Wildman–Crippen MR) is 336 cm³/mol. The highest BCUT2D eigenvalue weighted by atomic mass is 32.1. The largest absolute Gasteiger partial charge is 0.334 e. The third-order valence-corrected chi connectivity index (χ3v) is 24.6. The van der Waals surface area contributed by atoms with E-state index in [2.05, 4.69) is 233 Å². The van der Waals surface area contributed by atoms with Crippen molar-refractivity contribution in [2.45, 2.75) is 223 Å². The molecule has 0 N–H and O–H groups in total. The standard InChI is InChI=1S/C73H84BN3S/c1-65(2,3)44-22-24-45(25-23-44)76-60-38-47(77-57-21-17-16-20-50(57)72(14)28-18-19-29-73(72,77)15)37-59-62(60)74(64-63(76)48-39-54-55(42-61(48)78-64)71(13)35-34-70(54,12)43-71)56-40-52-53(69(10,11)33-32-68(52,8)9)41-58(56)75(59)46-26-27-49-51(36-46)67(6,7)31-30-66(49,4)5/h16-17,20-27,36-42H,18-19,28-35,43H2,1-15H3/t70?,71?,72?,73-/m0/s1. The van der Waals surface area contributed by atoms with Gasteiger partial charge >= 0.3 is 0 Å². The fourth-order valence-corrected chi connectivity index (χ4v) is 19.6. The first-order chi connectivity index (χ1) is 36.7. The Balaban J connectivity index is 1.10. The number of fused-ring (bicyclic) bond motifs is 16. The lowest BCUT2D eigenvalue weighted by Gasteiger charge is -2.51. The molecule has 400 valence electrons. The fraction of sp³-hybridized carbons (Fsp3) is 0.479. The number of hydrogen-bond donors (Lipinski definition) is 0. The first kappa shape index (κ1) is 49.8. The van der Waals surface area contributed by atoms with E-state index in [9.17, 15) is 0 Å². The van der Waals surface area contributed by atoms with Gasteiger partial charge in [-0.3, -0.25) is 0 Å². The molecule has 8 aliphatic rings. The number of thiophene rings is 1. The molecule has 2 saturated carbocycles. The van der Waals surface area contributed by atoms with E-state index in [0.717, 1.165) is 6.42 Å². The molecule has 2 fully saturated rings. The highest BCUT2D eigenvalue weighted by Crippen LogP contribution is 2.64. The lowest BCUT2D eigenvalue weighted by Crippen LogP contribution is -2.61. The molecule has 5 heteroatoms. The number of anilines is 8. The van der Waals surface area contributed by atoms with Crippen molar-refractivity contribution in [2.24, 2.45) is 0 Å². The van der Waals surface area contributed by atoms with E-state index in [0.29, 0.717) is 0 Å². The van der Waals surface area contributed by atoms with Gasteiger partial charge in [-0.05, 0) is 219 Å². The second-order valence-electron chi connectivity index (χ2n) is 31.2. The van der Waals surface area contributed by atoms with E-state index in [1.54, 1.807) is 16.7 Å². The summed E-state index contributed by atoms with van der Waals surface area (Å²) in [7, 11) is 0. The summed E-state index contributed by atoms with van der Waals surface area (Å²) in [5.41, 5.74) is 26.5. The Morgan fingerprint density at radius 3 is 1.71 bits per heavy atom. The smallest absolute Gasteiger partial charge is 0.264 e. The molecule has 3 unspecified atom stereocenters. The topological polar surface area (TPSA) is 9.72 Å². The van der Waals surface area contributed by atoms with E-state index in [1.807, 2.05) is 0 Å². The van der Waals surface area contributed by atoms with Crippen molar-refractivity contribution < 1.29 is 0 Å². The van der Waals surface area contributed by atoms with E-state index in [4.69, 9.17) is 0 Å². The monoisotopic (exact) mass is 1050 g/mol. The van der Waals surface area contributed by atoms with Crippen LogP contribution in [0.1, 0.15) is 219 Å². The molecule has 3 aliphatic heterocycles. The van der Waals surface area contributed by atoms with Gasteiger partial charge in [0.15, 0.2) is 0 Å². The molecule has 0 amide bonds. The fourth-order valence-electron chi connectivity index (χ4n) is 18.2. The zero-order valence-corrected chi connectivity index (χ0v) is 50.7. The first-order valence-corrected chi connectivity index (χ1v) is 31.2. The maximum atomic E-state index is 2.87. The van der Waals surface area contributed by atoms with Crippen LogP contribution in [0.15, 0.2) is 103 Å². The number of rotatable bonds is 3. The molecular weight excluding hydrogens is 962 g/mol. The van der Waals surface area contributed by atoms with Crippen LogP contribution >= 0.6 is 11.3 Å². The summed E-state index contributed by atoms with van der Waals surface area (Å²) < 4.78 is 2.95. The van der Waals surface area contributed by atoms with E-state index in [-0.39, 0.29) is 55.6 Å². The van der Waals surface area contributed by atoms with Gasteiger partial charge in [-0.1, -0.05) is 152 Å². The minimum Gasteiger partial charge on any atom is -0.334 e.